The van der Waals surface area contributed by atoms with E-state index in [0.29, 0.717) is 12.2 Å². The molecule has 0 radical (unpaired) electrons. The van der Waals surface area contributed by atoms with Crippen molar-refractivity contribution in [2.75, 3.05) is 0 Å². The molecule has 0 bridgehead atoms. The summed E-state index contributed by atoms with van der Waals surface area (Å²) in [6, 6.07) is 11.0. The molecular formula is C19H23KO5S. The Morgan fingerprint density at radius 3 is 2.27 bits per heavy atom. The van der Waals surface area contributed by atoms with Crippen LogP contribution in [-0.4, -0.2) is 13.0 Å². The predicted octanol–water partition coefficient (Wildman–Crippen LogP) is 1.32. The fraction of sp³-hybridized carbons (Fsp3) is 0.368. The second kappa shape index (κ2) is 11.4. The molecule has 0 fully saturated rings. The zero-order valence-corrected chi connectivity index (χ0v) is 19.2. The first-order valence-corrected chi connectivity index (χ1v) is 9.90. The van der Waals surface area contributed by atoms with Gasteiger partial charge in [-0.2, -0.15) is 8.42 Å². The van der Waals surface area contributed by atoms with Crippen LogP contribution in [0.25, 0.3) is 0 Å². The monoisotopic (exact) mass is 402 g/mol. The van der Waals surface area contributed by atoms with Crippen LogP contribution in [-0.2, 0) is 16.5 Å². The summed E-state index contributed by atoms with van der Waals surface area (Å²) < 4.78 is 38.6. The van der Waals surface area contributed by atoms with E-state index in [1.165, 1.54) is 0 Å². The molecule has 26 heavy (non-hydrogen) atoms. The maximum absolute atomic E-state index is 12.3. The van der Waals surface area contributed by atoms with E-state index in [1.54, 1.807) is 24.3 Å². The van der Waals surface area contributed by atoms with Gasteiger partial charge >= 0.3 is 51.4 Å². The van der Waals surface area contributed by atoms with E-state index >= 15 is 0 Å². The fourth-order valence-corrected chi connectivity index (χ4v) is 3.44. The fourth-order valence-electron chi connectivity index (χ4n) is 2.69. The third-order valence-electron chi connectivity index (χ3n) is 3.95. The summed E-state index contributed by atoms with van der Waals surface area (Å²) >= 11 is 0. The summed E-state index contributed by atoms with van der Waals surface area (Å²) in [4.78, 5) is -0.256. The molecule has 0 aliphatic carbocycles. The van der Waals surface area contributed by atoms with Crippen molar-refractivity contribution in [3.05, 3.63) is 48.0 Å². The summed E-state index contributed by atoms with van der Waals surface area (Å²) in [5.74, 6) is 0.0101. The molecule has 7 heteroatoms. The average Bonchev–Trinajstić information content (AvgIpc) is 2.57. The number of benzene rings is 2. The van der Waals surface area contributed by atoms with Crippen LogP contribution in [0.15, 0.2) is 47.4 Å². The van der Waals surface area contributed by atoms with Crippen LogP contribution in [0.4, 0.5) is 0 Å². The van der Waals surface area contributed by atoms with Crippen LogP contribution in [0.2, 0.25) is 0 Å². The first kappa shape index (κ1) is 23.6. The molecule has 0 spiro atoms. The first-order chi connectivity index (χ1) is 11.9. The smallest absolute Gasteiger partial charge is 0.870 e. The summed E-state index contributed by atoms with van der Waals surface area (Å²) in [5.41, 5.74) is 0.246. The number of unbranched alkanes of at least 4 members (excludes halogenated alkanes) is 4. The molecule has 2 rings (SSSR count). The second-order valence-electron chi connectivity index (χ2n) is 5.92. The zero-order valence-electron chi connectivity index (χ0n) is 15.3. The molecule has 2 aromatic carbocycles. The maximum atomic E-state index is 12.3. The van der Waals surface area contributed by atoms with Gasteiger partial charge in [0, 0.05) is 5.56 Å². The zero-order chi connectivity index (χ0) is 18.3. The number of para-hydroxylation sites is 1. The Balaban J connectivity index is 0.00000338. The standard InChI is InChI=1S/C19H24O5S.K/c1-2-3-4-5-9-12-16-18(25(21,22)23)14-13-17(20)19(16)24-15-10-7-6-8-11-15;/h6-8,10-11,13-14,20H,2-5,9,12H2,1H3,(H,21,22,23);/q;+1/p-1. The Hall–Kier alpha value is -0.414. The molecule has 0 aliphatic rings. The summed E-state index contributed by atoms with van der Waals surface area (Å²) in [6.07, 6.45) is 5.26. The Bertz CT molecular complexity index is 791. The molecular weight excluding hydrogens is 379 g/mol. The minimum atomic E-state index is -4.43. The number of hydrogen-bond donors (Lipinski definition) is 1. The van der Waals surface area contributed by atoms with Gasteiger partial charge in [0.25, 0.3) is 10.1 Å². The van der Waals surface area contributed by atoms with Gasteiger partial charge in [-0.05, 0) is 31.0 Å². The van der Waals surface area contributed by atoms with Gasteiger partial charge in [-0.25, -0.2) is 0 Å². The van der Waals surface area contributed by atoms with Gasteiger partial charge in [-0.3, -0.25) is 4.55 Å². The Morgan fingerprint density at radius 1 is 1.00 bits per heavy atom. The second-order valence-corrected chi connectivity index (χ2v) is 7.31. The molecule has 2 aromatic rings. The topological polar surface area (TPSA) is 86.7 Å². The van der Waals surface area contributed by atoms with Gasteiger partial charge < -0.3 is 9.84 Å². The Labute approximate surface area is 198 Å². The van der Waals surface area contributed by atoms with Crippen LogP contribution in [0.1, 0.15) is 44.6 Å². The largest absolute Gasteiger partial charge is 1.00 e. The number of rotatable bonds is 9. The van der Waals surface area contributed by atoms with E-state index in [2.05, 4.69) is 6.92 Å². The molecule has 0 aliphatic heterocycles. The van der Waals surface area contributed by atoms with Crippen molar-refractivity contribution < 1.29 is 74.2 Å². The SMILES string of the molecule is CCCCCCCc1c(S(=O)(=O)O)ccc([O-])c1Oc1ccccc1.[K+]. The van der Waals surface area contributed by atoms with E-state index < -0.39 is 15.9 Å². The molecule has 1 N–H and O–H groups in total. The first-order valence-electron chi connectivity index (χ1n) is 8.46. The van der Waals surface area contributed by atoms with E-state index in [4.69, 9.17) is 4.74 Å². The molecule has 0 aromatic heterocycles. The number of ether oxygens (including phenoxy) is 1. The van der Waals surface area contributed by atoms with Crippen molar-refractivity contribution in [2.45, 2.75) is 50.3 Å². The third kappa shape index (κ3) is 6.96. The van der Waals surface area contributed by atoms with Crippen molar-refractivity contribution in [1.82, 2.24) is 0 Å². The van der Waals surface area contributed by atoms with Crippen molar-refractivity contribution >= 4 is 10.1 Å². The average molecular weight is 403 g/mol. The van der Waals surface area contributed by atoms with Crippen molar-refractivity contribution in [1.29, 1.82) is 0 Å². The van der Waals surface area contributed by atoms with Crippen LogP contribution in [0.5, 0.6) is 17.2 Å². The molecule has 0 heterocycles. The van der Waals surface area contributed by atoms with Gasteiger partial charge in [0.15, 0.2) is 0 Å². The van der Waals surface area contributed by atoms with Crippen LogP contribution in [0, 0.1) is 0 Å². The Kier molecular flexibility index (Phi) is 10.4. The van der Waals surface area contributed by atoms with Crippen LogP contribution in [0.3, 0.4) is 0 Å². The molecule has 0 amide bonds. The van der Waals surface area contributed by atoms with Gasteiger partial charge in [-0.15, -0.1) is 0 Å². The van der Waals surface area contributed by atoms with E-state index in [0.717, 1.165) is 44.2 Å². The maximum Gasteiger partial charge on any atom is 1.00 e. The predicted molar refractivity (Wildman–Crippen MR) is 94.7 cm³/mol. The van der Waals surface area contributed by atoms with Crippen LogP contribution >= 0.6 is 0 Å². The van der Waals surface area contributed by atoms with Crippen molar-refractivity contribution in [2.24, 2.45) is 0 Å². The van der Waals surface area contributed by atoms with Gasteiger partial charge in [0.2, 0.25) is 0 Å². The van der Waals surface area contributed by atoms with Gasteiger partial charge in [-0.1, -0.05) is 62.6 Å². The van der Waals surface area contributed by atoms with Gasteiger partial charge in [0.1, 0.15) is 16.4 Å². The quantitative estimate of drug-likeness (QED) is 0.388. The normalized spacial score (nSPS) is 11.0. The van der Waals surface area contributed by atoms with E-state index in [-0.39, 0.29) is 67.6 Å². The van der Waals surface area contributed by atoms with E-state index in [9.17, 15) is 18.1 Å². The van der Waals surface area contributed by atoms with Crippen molar-refractivity contribution in [3.8, 4) is 17.2 Å². The van der Waals surface area contributed by atoms with E-state index in [1.807, 2.05) is 6.07 Å². The molecule has 5 nitrogen and oxygen atoms in total. The minimum Gasteiger partial charge on any atom is -0.870 e. The summed E-state index contributed by atoms with van der Waals surface area (Å²) in [5, 5.41) is 12.3. The third-order valence-corrected chi connectivity index (χ3v) is 4.89. The molecule has 0 saturated heterocycles. The summed E-state index contributed by atoms with van der Waals surface area (Å²) in [7, 11) is -4.43. The number of hydrogen-bond acceptors (Lipinski definition) is 4. The summed E-state index contributed by atoms with van der Waals surface area (Å²) in [6.45, 7) is 2.11. The Morgan fingerprint density at radius 2 is 1.65 bits per heavy atom. The van der Waals surface area contributed by atoms with Crippen LogP contribution < -0.4 is 61.2 Å². The minimum absolute atomic E-state index is 0. The molecule has 0 saturated carbocycles. The molecule has 0 unspecified atom stereocenters. The van der Waals surface area contributed by atoms with Crippen molar-refractivity contribution in [3.63, 3.8) is 0 Å². The molecule has 0 atom stereocenters. The van der Waals surface area contributed by atoms with Gasteiger partial charge in [0.05, 0.1) is 0 Å². The molecule has 136 valence electrons.